The summed E-state index contributed by atoms with van der Waals surface area (Å²) in [6.07, 6.45) is 42.5. The Hall–Kier alpha value is -1.71. The first-order valence-electron chi connectivity index (χ1n) is 28.2. The SMILES string of the molecule is CCCCCCCCCN(CCCCCCCCC)CCN(CCCCCCCC(=O)OC)CC(=O)N1CCN(C(=O)CN(CCCCCCCCC)CCCCCCCCC)CC1. The molecule has 0 N–H and O–H groups in total. The largest absolute Gasteiger partial charge is 0.469 e. The Morgan fingerprint density at radius 3 is 0.906 bits per heavy atom. The van der Waals surface area contributed by atoms with Gasteiger partial charge in [0.2, 0.25) is 11.8 Å². The summed E-state index contributed by atoms with van der Waals surface area (Å²) in [4.78, 5) is 51.0. The number of carbonyl (C=O) groups excluding carboxylic acids is 3. The van der Waals surface area contributed by atoms with Crippen molar-refractivity contribution in [2.24, 2.45) is 0 Å². The molecular formula is C55H109N5O4. The highest BCUT2D eigenvalue weighted by molar-refractivity contribution is 5.80. The predicted octanol–water partition coefficient (Wildman–Crippen LogP) is 13.1. The van der Waals surface area contributed by atoms with E-state index in [1.54, 1.807) is 0 Å². The molecule has 9 nitrogen and oxygen atoms in total. The van der Waals surface area contributed by atoms with Crippen molar-refractivity contribution >= 4 is 17.8 Å². The lowest BCUT2D eigenvalue weighted by atomic mass is 10.1. The Balaban J connectivity index is 2.80. The fourth-order valence-corrected chi connectivity index (χ4v) is 9.35. The molecule has 1 aliphatic heterocycles. The number of methoxy groups -OCH3 is 1. The molecule has 0 aromatic rings. The van der Waals surface area contributed by atoms with Crippen LogP contribution >= 0.6 is 0 Å². The van der Waals surface area contributed by atoms with Crippen LogP contribution in [0.15, 0.2) is 0 Å². The summed E-state index contributed by atoms with van der Waals surface area (Å²) in [5, 5.41) is 0. The van der Waals surface area contributed by atoms with Gasteiger partial charge in [-0.15, -0.1) is 0 Å². The quantitative estimate of drug-likeness (QED) is 0.0445. The summed E-state index contributed by atoms with van der Waals surface area (Å²) in [5.74, 6) is 0.343. The van der Waals surface area contributed by atoms with Crippen LogP contribution in [0.2, 0.25) is 0 Å². The molecule has 0 saturated carbocycles. The number of ether oxygens (including phenoxy) is 1. The lowest BCUT2D eigenvalue weighted by Crippen LogP contribution is -2.54. The Labute approximate surface area is 398 Å². The molecule has 0 atom stereocenters. The van der Waals surface area contributed by atoms with Gasteiger partial charge in [0, 0.05) is 45.7 Å². The van der Waals surface area contributed by atoms with E-state index in [-0.39, 0.29) is 17.8 Å². The molecule has 1 fully saturated rings. The Morgan fingerprint density at radius 1 is 0.344 bits per heavy atom. The van der Waals surface area contributed by atoms with E-state index in [2.05, 4.69) is 42.4 Å². The third-order valence-electron chi connectivity index (χ3n) is 13.8. The van der Waals surface area contributed by atoms with E-state index in [9.17, 15) is 14.4 Å². The molecule has 0 bridgehead atoms. The number of esters is 1. The van der Waals surface area contributed by atoms with Gasteiger partial charge in [-0.1, -0.05) is 201 Å². The molecule has 0 unspecified atom stereocenters. The van der Waals surface area contributed by atoms with Crippen molar-refractivity contribution in [1.29, 1.82) is 0 Å². The van der Waals surface area contributed by atoms with Crippen molar-refractivity contribution < 1.29 is 19.1 Å². The van der Waals surface area contributed by atoms with Crippen LogP contribution in [0.1, 0.15) is 246 Å². The van der Waals surface area contributed by atoms with Crippen LogP contribution in [0.5, 0.6) is 0 Å². The van der Waals surface area contributed by atoms with Crippen molar-refractivity contribution in [3.63, 3.8) is 0 Å². The Morgan fingerprint density at radius 2 is 0.594 bits per heavy atom. The smallest absolute Gasteiger partial charge is 0.305 e. The maximum atomic E-state index is 14.0. The summed E-state index contributed by atoms with van der Waals surface area (Å²) >= 11 is 0. The maximum Gasteiger partial charge on any atom is 0.305 e. The fourth-order valence-electron chi connectivity index (χ4n) is 9.35. The van der Waals surface area contributed by atoms with Crippen molar-refractivity contribution in [1.82, 2.24) is 24.5 Å². The molecule has 1 rings (SSSR count). The number of amides is 2. The first-order chi connectivity index (χ1) is 31.4. The number of piperazine rings is 1. The zero-order valence-corrected chi connectivity index (χ0v) is 43.6. The van der Waals surface area contributed by atoms with Crippen LogP contribution in [0.3, 0.4) is 0 Å². The number of hydrogen-bond acceptors (Lipinski definition) is 7. The highest BCUT2D eigenvalue weighted by Gasteiger charge is 2.26. The van der Waals surface area contributed by atoms with Gasteiger partial charge in [-0.05, 0) is 71.2 Å². The number of nitrogens with zero attached hydrogens (tertiary/aromatic N) is 5. The highest BCUT2D eigenvalue weighted by atomic mass is 16.5. The fraction of sp³-hybridized carbons (Fsp3) is 0.945. The molecular weight excluding hydrogens is 795 g/mol. The first kappa shape index (κ1) is 60.3. The summed E-state index contributed by atoms with van der Waals surface area (Å²) in [6, 6.07) is 0. The minimum atomic E-state index is -0.119. The molecule has 1 heterocycles. The Bertz CT molecular complexity index is 1020. The van der Waals surface area contributed by atoms with Crippen LogP contribution in [-0.4, -0.2) is 134 Å². The van der Waals surface area contributed by atoms with E-state index in [0.29, 0.717) is 45.7 Å². The Kier molecular flexibility index (Phi) is 42.5. The molecule has 0 spiro atoms. The number of hydrogen-bond donors (Lipinski definition) is 0. The summed E-state index contributed by atoms with van der Waals surface area (Å²) in [5.41, 5.74) is 0. The molecule has 2 amide bonds. The van der Waals surface area contributed by atoms with Gasteiger partial charge in [0.1, 0.15) is 0 Å². The third-order valence-corrected chi connectivity index (χ3v) is 13.8. The molecule has 1 saturated heterocycles. The second-order valence-corrected chi connectivity index (χ2v) is 19.7. The molecule has 1 aliphatic rings. The number of unbranched alkanes of at least 4 members (excludes halogenated alkanes) is 28. The van der Waals surface area contributed by atoms with Crippen LogP contribution in [0, 0.1) is 0 Å². The summed E-state index contributed by atoms with van der Waals surface area (Å²) in [6.45, 7) is 19.9. The molecule has 9 heteroatoms. The minimum absolute atomic E-state index is 0.119. The molecule has 0 radical (unpaired) electrons. The first-order valence-corrected chi connectivity index (χ1v) is 28.2. The van der Waals surface area contributed by atoms with Gasteiger partial charge in [0.25, 0.3) is 0 Å². The lowest BCUT2D eigenvalue weighted by molar-refractivity contribution is -0.140. The van der Waals surface area contributed by atoms with Crippen molar-refractivity contribution in [3.05, 3.63) is 0 Å². The van der Waals surface area contributed by atoms with Crippen LogP contribution in [-0.2, 0) is 19.1 Å². The van der Waals surface area contributed by atoms with E-state index >= 15 is 0 Å². The lowest BCUT2D eigenvalue weighted by Gasteiger charge is -2.37. The van der Waals surface area contributed by atoms with Gasteiger partial charge in [-0.2, -0.15) is 0 Å². The van der Waals surface area contributed by atoms with Crippen molar-refractivity contribution in [2.75, 3.05) is 92.2 Å². The molecule has 0 aromatic carbocycles. The number of rotatable bonds is 47. The summed E-state index contributed by atoms with van der Waals surface area (Å²) < 4.78 is 4.83. The van der Waals surface area contributed by atoms with E-state index in [1.807, 2.05) is 9.80 Å². The highest BCUT2D eigenvalue weighted by Crippen LogP contribution is 2.15. The second kappa shape index (κ2) is 45.1. The third kappa shape index (κ3) is 35.5. The van der Waals surface area contributed by atoms with E-state index < -0.39 is 0 Å². The second-order valence-electron chi connectivity index (χ2n) is 19.7. The van der Waals surface area contributed by atoms with Crippen LogP contribution in [0.4, 0.5) is 0 Å². The monoisotopic (exact) mass is 904 g/mol. The van der Waals surface area contributed by atoms with E-state index in [4.69, 9.17) is 4.74 Å². The maximum absolute atomic E-state index is 14.0. The predicted molar refractivity (Wildman–Crippen MR) is 274 cm³/mol. The standard InChI is InChI=1S/C55H109N5O4/c1-6-10-14-18-22-28-34-40-56(41-35-29-23-19-15-11-7-2)45-46-58(44-38-32-26-27-33-39-55(63)64-5)52-54(62)60-49-47-59(48-50-60)53(61)51-57(42-36-30-24-20-16-12-8-3)43-37-31-25-21-17-13-9-4/h6-52H2,1-5H3. The summed E-state index contributed by atoms with van der Waals surface area (Å²) in [7, 11) is 1.47. The van der Waals surface area contributed by atoms with E-state index in [0.717, 1.165) is 77.9 Å². The van der Waals surface area contributed by atoms with Crippen molar-refractivity contribution in [3.8, 4) is 0 Å². The van der Waals surface area contributed by atoms with Crippen LogP contribution < -0.4 is 0 Å². The molecule has 0 aromatic heterocycles. The zero-order valence-electron chi connectivity index (χ0n) is 43.6. The van der Waals surface area contributed by atoms with Gasteiger partial charge >= 0.3 is 5.97 Å². The average molecular weight is 905 g/mol. The van der Waals surface area contributed by atoms with Gasteiger partial charge < -0.3 is 19.4 Å². The zero-order chi connectivity index (χ0) is 46.6. The normalized spacial score (nSPS) is 13.2. The van der Waals surface area contributed by atoms with Gasteiger partial charge in [-0.25, -0.2) is 0 Å². The minimum Gasteiger partial charge on any atom is -0.469 e. The average Bonchev–Trinajstić information content (AvgIpc) is 3.30. The van der Waals surface area contributed by atoms with Gasteiger partial charge in [0.05, 0.1) is 20.2 Å². The van der Waals surface area contributed by atoms with Crippen molar-refractivity contribution in [2.45, 2.75) is 246 Å². The van der Waals surface area contributed by atoms with Gasteiger partial charge in [0.15, 0.2) is 0 Å². The van der Waals surface area contributed by atoms with Crippen LogP contribution in [0.25, 0.3) is 0 Å². The molecule has 0 aliphatic carbocycles. The molecule has 64 heavy (non-hydrogen) atoms. The number of carbonyl (C=O) groups is 3. The van der Waals surface area contributed by atoms with E-state index in [1.165, 1.54) is 187 Å². The molecule has 378 valence electrons. The van der Waals surface area contributed by atoms with Gasteiger partial charge in [-0.3, -0.25) is 24.2 Å². The topological polar surface area (TPSA) is 76.6 Å².